The number of fused-ring (bicyclic) bond motifs is 1. The van der Waals surface area contributed by atoms with Crippen LogP contribution in [0.4, 0.5) is 13.2 Å². The molecule has 3 N–H and O–H groups in total. The van der Waals surface area contributed by atoms with E-state index in [4.69, 9.17) is 20.1 Å². The van der Waals surface area contributed by atoms with Crippen LogP contribution < -0.4 is 11.5 Å². The third-order valence-electron chi connectivity index (χ3n) is 4.52. The van der Waals surface area contributed by atoms with Gasteiger partial charge in [-0.1, -0.05) is 30.3 Å². The number of nitrogens with two attached hydrogens (primary N) is 1. The van der Waals surface area contributed by atoms with Crippen molar-refractivity contribution in [3.63, 3.8) is 0 Å². The van der Waals surface area contributed by atoms with Crippen LogP contribution in [0.2, 0.25) is 0 Å². The molecule has 0 bridgehead atoms. The summed E-state index contributed by atoms with van der Waals surface area (Å²) in [6, 6.07) is 14.1. The van der Waals surface area contributed by atoms with E-state index in [0.29, 0.717) is 18.5 Å². The monoisotopic (exact) mass is 489 g/mol. The van der Waals surface area contributed by atoms with Crippen molar-refractivity contribution >= 4 is 27.1 Å². The molecule has 3 rings (SSSR count). The maximum absolute atomic E-state index is 13.0. The molecule has 0 aliphatic carbocycles. The van der Waals surface area contributed by atoms with Gasteiger partial charge in [0.1, 0.15) is 0 Å². The first-order chi connectivity index (χ1) is 15.4. The molecule has 3 aromatic rings. The van der Waals surface area contributed by atoms with Crippen molar-refractivity contribution in [1.29, 1.82) is 0 Å². The fourth-order valence-corrected chi connectivity index (χ4v) is 4.29. The first kappa shape index (κ1) is 26.1. The van der Waals surface area contributed by atoms with Crippen LogP contribution in [0.15, 0.2) is 62.6 Å². The summed E-state index contributed by atoms with van der Waals surface area (Å²) in [6.07, 6.45) is -4.50. The first-order valence-electron chi connectivity index (χ1n) is 9.51. The van der Waals surface area contributed by atoms with Crippen LogP contribution >= 0.6 is 0 Å². The van der Waals surface area contributed by atoms with E-state index in [-0.39, 0.29) is 23.6 Å². The van der Waals surface area contributed by atoms with E-state index in [1.165, 1.54) is 21.0 Å². The highest BCUT2D eigenvalue weighted by molar-refractivity contribution is 7.89. The average Bonchev–Trinajstić information content (AvgIpc) is 3.04. The zero-order chi connectivity index (χ0) is 24.8. The average molecular weight is 489 g/mol. The predicted octanol–water partition coefficient (Wildman–Crippen LogP) is 1.96. The third-order valence-corrected chi connectivity index (χ3v) is 6.41. The number of nitrogens with zero attached hydrogens (tertiary/aromatic N) is 2. The SMILES string of the molecule is Cn1c(=O)oc2cc(S(=O)(=O)N(CCN)CCc3ccccc3)ccc21.O=C(O)C(F)(F)F. The molecular formula is C20H22F3N3O6S. The fraction of sp³-hybridized carbons (Fsp3) is 0.300. The molecule has 0 saturated heterocycles. The minimum atomic E-state index is -5.08. The van der Waals surface area contributed by atoms with Gasteiger partial charge in [0.05, 0.1) is 10.4 Å². The van der Waals surface area contributed by atoms with Crippen molar-refractivity contribution in [2.24, 2.45) is 12.8 Å². The zero-order valence-corrected chi connectivity index (χ0v) is 18.3. The number of carboxylic acid groups (broad SMARTS) is 1. The van der Waals surface area contributed by atoms with Crippen LogP contribution in [0.1, 0.15) is 5.56 Å². The molecule has 9 nitrogen and oxygen atoms in total. The van der Waals surface area contributed by atoms with Crippen LogP contribution in [0.5, 0.6) is 0 Å². The van der Waals surface area contributed by atoms with Gasteiger partial charge in [0.25, 0.3) is 0 Å². The first-order valence-corrected chi connectivity index (χ1v) is 11.0. The summed E-state index contributed by atoms with van der Waals surface area (Å²) in [4.78, 5) is 20.6. The molecule has 2 aromatic carbocycles. The third kappa shape index (κ3) is 6.66. The largest absolute Gasteiger partial charge is 0.490 e. The Morgan fingerprint density at radius 3 is 2.30 bits per heavy atom. The molecule has 0 saturated carbocycles. The highest BCUT2D eigenvalue weighted by Gasteiger charge is 2.38. The molecule has 1 heterocycles. The summed E-state index contributed by atoms with van der Waals surface area (Å²) in [7, 11) is -2.17. The van der Waals surface area contributed by atoms with Gasteiger partial charge in [0, 0.05) is 32.7 Å². The molecule has 180 valence electrons. The minimum absolute atomic E-state index is 0.0841. The molecule has 0 aliphatic heterocycles. The minimum Gasteiger partial charge on any atom is -0.475 e. The molecule has 1 aromatic heterocycles. The molecule has 0 spiro atoms. The van der Waals surface area contributed by atoms with Crippen LogP contribution in [0, 0.1) is 0 Å². The summed E-state index contributed by atoms with van der Waals surface area (Å²) in [6.45, 7) is 0.753. The molecule has 0 aliphatic rings. The Hall–Kier alpha value is -3.16. The quantitative estimate of drug-likeness (QED) is 0.518. The van der Waals surface area contributed by atoms with Gasteiger partial charge in [-0.05, 0) is 24.1 Å². The second-order valence-electron chi connectivity index (χ2n) is 6.79. The van der Waals surface area contributed by atoms with Crippen LogP contribution in [0.3, 0.4) is 0 Å². The van der Waals surface area contributed by atoms with Crippen LogP contribution in [0.25, 0.3) is 11.1 Å². The number of rotatable bonds is 7. The summed E-state index contributed by atoms with van der Waals surface area (Å²) in [5.74, 6) is -3.29. The summed E-state index contributed by atoms with van der Waals surface area (Å²) in [5.41, 5.74) is 7.46. The van der Waals surface area contributed by atoms with Crippen molar-refractivity contribution in [2.45, 2.75) is 17.5 Å². The van der Waals surface area contributed by atoms with E-state index in [2.05, 4.69) is 0 Å². The maximum Gasteiger partial charge on any atom is 0.490 e. The number of aryl methyl sites for hydroxylation is 1. The Morgan fingerprint density at radius 1 is 1.15 bits per heavy atom. The van der Waals surface area contributed by atoms with Gasteiger partial charge in [-0.2, -0.15) is 17.5 Å². The Balaban J connectivity index is 0.000000479. The standard InChI is InChI=1S/C18H21N3O4S.C2HF3O2/c1-20-16-8-7-15(13-17(16)25-18(20)22)26(23,24)21(12-10-19)11-9-14-5-3-2-4-6-14;3-2(4,5)1(6)7/h2-8,13H,9-12,19H2,1H3;(H,6,7). The molecule has 0 fully saturated rings. The highest BCUT2D eigenvalue weighted by atomic mass is 32.2. The maximum atomic E-state index is 13.0. The number of aliphatic carboxylic acids is 1. The smallest absolute Gasteiger partial charge is 0.475 e. The number of carbonyl (C=O) groups is 1. The lowest BCUT2D eigenvalue weighted by Gasteiger charge is -2.21. The predicted molar refractivity (Wildman–Crippen MR) is 113 cm³/mol. The zero-order valence-electron chi connectivity index (χ0n) is 17.4. The number of benzene rings is 2. The van der Waals surface area contributed by atoms with Gasteiger partial charge < -0.3 is 15.3 Å². The van der Waals surface area contributed by atoms with Crippen molar-refractivity contribution in [3.05, 3.63) is 64.6 Å². The van der Waals surface area contributed by atoms with Gasteiger partial charge in [-0.3, -0.25) is 4.57 Å². The summed E-state index contributed by atoms with van der Waals surface area (Å²) >= 11 is 0. The number of hydrogen-bond donors (Lipinski definition) is 2. The number of carboxylic acids is 1. The Morgan fingerprint density at radius 2 is 1.76 bits per heavy atom. The van der Waals surface area contributed by atoms with E-state index in [0.717, 1.165) is 5.56 Å². The van der Waals surface area contributed by atoms with Gasteiger partial charge in [-0.25, -0.2) is 18.0 Å². The molecule has 13 heteroatoms. The Bertz CT molecular complexity index is 1250. The number of sulfonamides is 1. The normalized spacial score (nSPS) is 11.9. The van der Waals surface area contributed by atoms with E-state index < -0.39 is 27.9 Å². The summed E-state index contributed by atoms with van der Waals surface area (Å²) in [5, 5.41) is 7.12. The van der Waals surface area contributed by atoms with Gasteiger partial charge in [0.15, 0.2) is 5.58 Å². The van der Waals surface area contributed by atoms with Gasteiger partial charge in [-0.15, -0.1) is 0 Å². The number of hydrogen-bond acceptors (Lipinski definition) is 6. The number of aromatic nitrogens is 1. The molecule has 0 radical (unpaired) electrons. The van der Waals surface area contributed by atoms with Crippen molar-refractivity contribution in [2.75, 3.05) is 19.6 Å². The molecule has 0 atom stereocenters. The van der Waals surface area contributed by atoms with E-state index >= 15 is 0 Å². The lowest BCUT2D eigenvalue weighted by molar-refractivity contribution is -0.192. The molecule has 33 heavy (non-hydrogen) atoms. The van der Waals surface area contributed by atoms with Gasteiger partial charge >= 0.3 is 17.9 Å². The topological polar surface area (TPSA) is 136 Å². The second-order valence-corrected chi connectivity index (χ2v) is 8.73. The second kappa shape index (κ2) is 10.6. The number of halogens is 3. The number of oxazole rings is 1. The van der Waals surface area contributed by atoms with Crippen molar-refractivity contribution < 1.29 is 35.9 Å². The van der Waals surface area contributed by atoms with E-state index in [1.807, 2.05) is 30.3 Å². The molecular weight excluding hydrogens is 467 g/mol. The van der Waals surface area contributed by atoms with E-state index in [9.17, 15) is 26.4 Å². The Kier molecular flexibility index (Phi) is 8.41. The summed E-state index contributed by atoms with van der Waals surface area (Å²) < 4.78 is 65.6. The van der Waals surface area contributed by atoms with Crippen molar-refractivity contribution in [3.8, 4) is 0 Å². The lowest BCUT2D eigenvalue weighted by atomic mass is 10.1. The fourth-order valence-electron chi connectivity index (χ4n) is 2.82. The van der Waals surface area contributed by atoms with Gasteiger partial charge in [0.2, 0.25) is 10.0 Å². The Labute approximate surface area is 186 Å². The highest BCUT2D eigenvalue weighted by Crippen LogP contribution is 2.21. The van der Waals surface area contributed by atoms with Crippen LogP contribution in [-0.4, -0.2) is 54.2 Å². The molecule has 0 unspecified atom stereocenters. The lowest BCUT2D eigenvalue weighted by Crippen LogP contribution is -2.36. The van der Waals surface area contributed by atoms with E-state index in [1.54, 1.807) is 13.1 Å². The number of alkyl halides is 3. The molecule has 0 amide bonds. The van der Waals surface area contributed by atoms with Crippen molar-refractivity contribution in [1.82, 2.24) is 8.87 Å². The van der Waals surface area contributed by atoms with Crippen LogP contribution in [-0.2, 0) is 28.3 Å².